The van der Waals surface area contributed by atoms with Crippen molar-refractivity contribution in [2.45, 2.75) is 39.7 Å². The Labute approximate surface area is 205 Å². The molecule has 3 aromatic carbocycles. The van der Waals surface area contributed by atoms with Gasteiger partial charge >= 0.3 is 0 Å². The van der Waals surface area contributed by atoms with Crippen molar-refractivity contribution in [3.05, 3.63) is 94.3 Å². The molecule has 0 saturated carbocycles. The van der Waals surface area contributed by atoms with E-state index in [0.717, 1.165) is 57.3 Å². The predicted molar refractivity (Wildman–Crippen MR) is 138 cm³/mol. The van der Waals surface area contributed by atoms with Gasteiger partial charge in [-0.1, -0.05) is 54.1 Å². The molecule has 0 fully saturated rings. The third-order valence-corrected chi connectivity index (χ3v) is 6.41. The van der Waals surface area contributed by atoms with Crippen LogP contribution < -0.4 is 10.1 Å². The van der Waals surface area contributed by atoms with Crippen LogP contribution in [0.5, 0.6) is 5.75 Å². The van der Waals surface area contributed by atoms with E-state index in [1.807, 2.05) is 74.5 Å². The number of nitrogens with one attached hydrogen (secondary N) is 1. The van der Waals surface area contributed by atoms with Crippen molar-refractivity contribution >= 4 is 28.5 Å². The first-order valence-corrected chi connectivity index (χ1v) is 12.0. The molecule has 0 aliphatic heterocycles. The summed E-state index contributed by atoms with van der Waals surface area (Å²) in [6.45, 7) is 5.92. The lowest BCUT2D eigenvalue weighted by Crippen LogP contribution is -2.28. The first-order chi connectivity index (χ1) is 16.5. The third-order valence-electron chi connectivity index (χ3n) is 5.82. The predicted octanol–water partition coefficient (Wildman–Crippen LogP) is 5.68. The second-order valence-electron chi connectivity index (χ2n) is 8.50. The molecule has 5 nitrogen and oxygen atoms in total. The maximum absolute atomic E-state index is 12.3. The molecule has 0 saturated heterocycles. The van der Waals surface area contributed by atoms with Crippen LogP contribution in [0.25, 0.3) is 11.0 Å². The average Bonchev–Trinajstić information content (AvgIpc) is 3.18. The largest absolute Gasteiger partial charge is 0.494 e. The lowest BCUT2D eigenvalue weighted by Gasteiger charge is -2.12. The van der Waals surface area contributed by atoms with Crippen LogP contribution in [0, 0.1) is 13.8 Å². The number of amides is 1. The number of benzene rings is 3. The summed E-state index contributed by atoms with van der Waals surface area (Å²) in [6, 6.07) is 21.9. The quantitative estimate of drug-likeness (QED) is 0.300. The van der Waals surface area contributed by atoms with Crippen molar-refractivity contribution in [3.8, 4) is 5.75 Å². The zero-order chi connectivity index (χ0) is 23.9. The summed E-state index contributed by atoms with van der Waals surface area (Å²) in [4.78, 5) is 17.1. The summed E-state index contributed by atoms with van der Waals surface area (Å²) in [6.07, 6.45) is 1.90. The molecule has 4 rings (SSSR count). The maximum Gasteiger partial charge on any atom is 0.224 e. The maximum atomic E-state index is 12.3. The van der Waals surface area contributed by atoms with Crippen LogP contribution in [0.3, 0.4) is 0 Å². The Balaban J connectivity index is 1.35. The molecule has 0 aliphatic carbocycles. The normalized spacial score (nSPS) is 11.0. The number of para-hydroxylation sites is 2. The summed E-state index contributed by atoms with van der Waals surface area (Å²) in [5.74, 6) is 1.84. The molecular weight excluding hydrogens is 446 g/mol. The minimum absolute atomic E-state index is 0.0239. The Kier molecular flexibility index (Phi) is 7.86. The Bertz CT molecular complexity index is 1240. The van der Waals surface area contributed by atoms with Gasteiger partial charge < -0.3 is 14.6 Å². The Morgan fingerprint density at radius 1 is 1.03 bits per heavy atom. The van der Waals surface area contributed by atoms with Crippen molar-refractivity contribution in [2.24, 2.45) is 0 Å². The van der Waals surface area contributed by atoms with Crippen molar-refractivity contribution in [2.75, 3.05) is 13.2 Å². The molecule has 6 heteroatoms. The van der Waals surface area contributed by atoms with Crippen LogP contribution in [-0.2, 0) is 24.2 Å². The highest BCUT2D eigenvalue weighted by Crippen LogP contribution is 2.26. The number of hydrogen-bond acceptors (Lipinski definition) is 3. The van der Waals surface area contributed by atoms with Crippen molar-refractivity contribution in [3.63, 3.8) is 0 Å². The molecule has 1 N–H and O–H groups in total. The smallest absolute Gasteiger partial charge is 0.224 e. The molecule has 34 heavy (non-hydrogen) atoms. The van der Waals surface area contributed by atoms with E-state index in [1.165, 1.54) is 0 Å². The van der Waals surface area contributed by atoms with Gasteiger partial charge in [0.25, 0.3) is 0 Å². The van der Waals surface area contributed by atoms with E-state index in [9.17, 15) is 4.79 Å². The van der Waals surface area contributed by atoms with Gasteiger partial charge in [-0.3, -0.25) is 4.79 Å². The highest BCUT2D eigenvalue weighted by Gasteiger charge is 2.11. The number of imidazole rings is 1. The zero-order valence-electron chi connectivity index (χ0n) is 19.7. The number of hydrogen-bond donors (Lipinski definition) is 1. The van der Waals surface area contributed by atoms with Gasteiger partial charge in [0.05, 0.1) is 24.1 Å². The van der Waals surface area contributed by atoms with Gasteiger partial charge in [-0.15, -0.1) is 0 Å². The van der Waals surface area contributed by atoms with Crippen LogP contribution in [0.4, 0.5) is 0 Å². The van der Waals surface area contributed by atoms with Gasteiger partial charge in [0.15, 0.2) is 0 Å². The third kappa shape index (κ3) is 5.97. The van der Waals surface area contributed by atoms with Crippen LogP contribution in [0.15, 0.2) is 66.7 Å². The minimum atomic E-state index is 0.0239. The molecule has 0 radical (unpaired) electrons. The van der Waals surface area contributed by atoms with Crippen molar-refractivity contribution in [1.82, 2.24) is 14.9 Å². The number of carbonyl (C=O) groups is 1. The number of rotatable bonds is 10. The number of aryl methyl sites for hydroxylation is 3. The van der Waals surface area contributed by atoms with Crippen molar-refractivity contribution < 1.29 is 9.53 Å². The van der Waals surface area contributed by atoms with Gasteiger partial charge in [0.1, 0.15) is 11.6 Å². The van der Waals surface area contributed by atoms with Gasteiger partial charge in [0, 0.05) is 24.5 Å². The van der Waals surface area contributed by atoms with Crippen LogP contribution in [-0.4, -0.2) is 28.6 Å². The SMILES string of the molecule is Cc1cc(OCCCn2c(CCNC(=O)Cc3ccccc3)nc3ccccc32)cc(C)c1Cl. The molecule has 0 unspecified atom stereocenters. The van der Waals surface area contributed by atoms with Crippen LogP contribution in [0.1, 0.15) is 28.9 Å². The summed E-state index contributed by atoms with van der Waals surface area (Å²) in [5.41, 5.74) is 5.13. The summed E-state index contributed by atoms with van der Waals surface area (Å²) in [5, 5.41) is 3.82. The highest BCUT2D eigenvalue weighted by atomic mass is 35.5. The van der Waals surface area contributed by atoms with Crippen LogP contribution >= 0.6 is 11.6 Å². The second kappa shape index (κ2) is 11.2. The average molecular weight is 476 g/mol. The molecule has 0 aliphatic rings. The molecule has 1 aromatic heterocycles. The van der Waals surface area contributed by atoms with E-state index in [2.05, 4.69) is 16.0 Å². The highest BCUT2D eigenvalue weighted by molar-refractivity contribution is 6.32. The molecule has 0 bridgehead atoms. The fourth-order valence-electron chi connectivity index (χ4n) is 4.13. The number of ether oxygens (including phenoxy) is 1. The Morgan fingerprint density at radius 2 is 1.74 bits per heavy atom. The van der Waals surface area contributed by atoms with Gasteiger partial charge in [0.2, 0.25) is 5.91 Å². The monoisotopic (exact) mass is 475 g/mol. The molecule has 0 atom stereocenters. The van der Waals surface area contributed by atoms with E-state index in [1.54, 1.807) is 0 Å². The second-order valence-corrected chi connectivity index (χ2v) is 8.88. The Morgan fingerprint density at radius 3 is 2.50 bits per heavy atom. The standard InChI is InChI=1S/C28H30ClN3O2/c1-20-17-23(18-21(2)28(20)29)34-16-8-15-32-25-12-7-6-11-24(25)31-26(32)13-14-30-27(33)19-22-9-4-3-5-10-22/h3-7,9-12,17-18H,8,13-16,19H2,1-2H3,(H,30,33). The van der Waals surface area contributed by atoms with Gasteiger partial charge in [-0.25, -0.2) is 4.98 Å². The topological polar surface area (TPSA) is 56.1 Å². The number of aromatic nitrogens is 2. The van der Waals surface area contributed by atoms with E-state index < -0.39 is 0 Å². The summed E-state index contributed by atoms with van der Waals surface area (Å²) < 4.78 is 8.23. The summed E-state index contributed by atoms with van der Waals surface area (Å²) >= 11 is 6.26. The number of carbonyl (C=O) groups excluding carboxylic acids is 1. The van der Waals surface area contributed by atoms with Gasteiger partial charge in [-0.05, 0) is 61.2 Å². The minimum Gasteiger partial charge on any atom is -0.494 e. The molecule has 4 aromatic rings. The fourth-order valence-corrected chi connectivity index (χ4v) is 4.23. The lowest BCUT2D eigenvalue weighted by molar-refractivity contribution is -0.120. The molecule has 0 spiro atoms. The Hall–Kier alpha value is -3.31. The molecule has 1 amide bonds. The first-order valence-electron chi connectivity index (χ1n) is 11.7. The first kappa shape index (κ1) is 23.8. The van der Waals surface area contributed by atoms with E-state index >= 15 is 0 Å². The number of fused-ring (bicyclic) bond motifs is 1. The van der Waals surface area contributed by atoms with Crippen molar-refractivity contribution in [1.29, 1.82) is 0 Å². The van der Waals surface area contributed by atoms with Crippen LogP contribution in [0.2, 0.25) is 5.02 Å². The van der Waals surface area contributed by atoms with E-state index in [0.29, 0.717) is 26.0 Å². The lowest BCUT2D eigenvalue weighted by atomic mass is 10.1. The fraction of sp³-hybridized carbons (Fsp3) is 0.286. The number of halogens is 1. The molecular formula is C28H30ClN3O2. The zero-order valence-corrected chi connectivity index (χ0v) is 20.4. The van der Waals surface area contributed by atoms with E-state index in [-0.39, 0.29) is 5.91 Å². The van der Waals surface area contributed by atoms with E-state index in [4.69, 9.17) is 21.3 Å². The summed E-state index contributed by atoms with van der Waals surface area (Å²) in [7, 11) is 0. The molecule has 1 heterocycles. The number of nitrogens with zero attached hydrogens (tertiary/aromatic N) is 2. The van der Waals surface area contributed by atoms with Gasteiger partial charge in [-0.2, -0.15) is 0 Å². The molecule has 176 valence electrons.